The lowest BCUT2D eigenvalue weighted by atomic mass is 10.1. The average molecular weight is 291 g/mol. The van der Waals surface area contributed by atoms with E-state index in [0.717, 1.165) is 31.6 Å². The number of carbonyl (C=O) groups excluding carboxylic acids is 1. The summed E-state index contributed by atoms with van der Waals surface area (Å²) in [6.07, 6.45) is 3.51. The number of hydrogen-bond donors (Lipinski definition) is 2. The summed E-state index contributed by atoms with van der Waals surface area (Å²) in [5.41, 5.74) is 0.776. The van der Waals surface area contributed by atoms with E-state index >= 15 is 0 Å². The molecule has 1 aliphatic rings. The molecule has 0 radical (unpaired) electrons. The van der Waals surface area contributed by atoms with E-state index in [1.54, 1.807) is 24.5 Å². The third-order valence-corrected chi connectivity index (χ3v) is 3.83. The summed E-state index contributed by atoms with van der Waals surface area (Å²) in [4.78, 5) is 18.4. The lowest BCUT2D eigenvalue weighted by molar-refractivity contribution is -0.125. The minimum Gasteiger partial charge on any atom is -0.387 e. The number of aliphatic hydroxyl groups excluding tert-OH is 1. The fourth-order valence-corrected chi connectivity index (χ4v) is 2.77. The van der Waals surface area contributed by atoms with Crippen molar-refractivity contribution < 1.29 is 9.90 Å². The van der Waals surface area contributed by atoms with Gasteiger partial charge in [0, 0.05) is 32.0 Å². The monoisotopic (exact) mass is 291 g/mol. The highest BCUT2D eigenvalue weighted by Gasteiger charge is 2.28. The molecule has 2 rings (SSSR count). The topological polar surface area (TPSA) is 65.5 Å². The number of amides is 1. The molecular weight excluding hydrogens is 266 g/mol. The van der Waals surface area contributed by atoms with E-state index in [2.05, 4.69) is 29.0 Å². The van der Waals surface area contributed by atoms with Gasteiger partial charge in [0.05, 0.1) is 12.0 Å². The maximum Gasteiger partial charge on any atom is 0.224 e. The number of pyridine rings is 1. The lowest BCUT2D eigenvalue weighted by Crippen LogP contribution is -2.35. The summed E-state index contributed by atoms with van der Waals surface area (Å²) in [5.74, 6) is 0.725. The molecule has 1 saturated heterocycles. The number of aliphatic hydroxyl groups is 1. The van der Waals surface area contributed by atoms with Gasteiger partial charge in [0.15, 0.2) is 0 Å². The summed E-state index contributed by atoms with van der Waals surface area (Å²) >= 11 is 0. The van der Waals surface area contributed by atoms with Crippen molar-refractivity contribution in [3.63, 3.8) is 0 Å². The van der Waals surface area contributed by atoms with Gasteiger partial charge in [-0.25, -0.2) is 0 Å². The van der Waals surface area contributed by atoms with Gasteiger partial charge in [-0.2, -0.15) is 0 Å². The van der Waals surface area contributed by atoms with Crippen LogP contribution in [-0.2, 0) is 4.79 Å². The molecule has 1 aliphatic heterocycles. The van der Waals surface area contributed by atoms with Crippen LogP contribution in [0, 0.1) is 11.8 Å². The van der Waals surface area contributed by atoms with Crippen molar-refractivity contribution in [2.45, 2.75) is 26.4 Å². The third kappa shape index (κ3) is 4.79. The van der Waals surface area contributed by atoms with Crippen LogP contribution in [0.3, 0.4) is 0 Å². The molecule has 1 aromatic rings. The van der Waals surface area contributed by atoms with E-state index in [1.807, 2.05) is 0 Å². The van der Waals surface area contributed by atoms with Crippen LogP contribution in [0.5, 0.6) is 0 Å². The second kappa shape index (κ2) is 7.52. The zero-order valence-electron chi connectivity index (χ0n) is 12.8. The number of nitrogens with one attached hydrogen (secondary N) is 1. The maximum atomic E-state index is 12.2. The summed E-state index contributed by atoms with van der Waals surface area (Å²) in [7, 11) is 0. The van der Waals surface area contributed by atoms with E-state index in [-0.39, 0.29) is 18.4 Å². The Morgan fingerprint density at radius 3 is 2.86 bits per heavy atom. The number of carbonyl (C=O) groups is 1. The molecule has 2 atom stereocenters. The van der Waals surface area contributed by atoms with Gasteiger partial charge in [0.2, 0.25) is 5.91 Å². The first kappa shape index (κ1) is 15.9. The van der Waals surface area contributed by atoms with E-state index in [4.69, 9.17) is 0 Å². The molecule has 2 N–H and O–H groups in total. The number of hydrogen-bond acceptors (Lipinski definition) is 4. The highest BCUT2D eigenvalue weighted by atomic mass is 16.3. The molecule has 0 bridgehead atoms. The molecule has 0 saturated carbocycles. The quantitative estimate of drug-likeness (QED) is 0.827. The lowest BCUT2D eigenvalue weighted by Gasteiger charge is -2.18. The predicted octanol–water partition coefficient (Wildman–Crippen LogP) is 1.21. The van der Waals surface area contributed by atoms with Crippen LogP contribution in [0.15, 0.2) is 24.5 Å². The van der Waals surface area contributed by atoms with Crippen LogP contribution >= 0.6 is 0 Å². The molecule has 1 aromatic heterocycles. The Kier molecular flexibility index (Phi) is 5.70. The van der Waals surface area contributed by atoms with Crippen LogP contribution in [0.2, 0.25) is 0 Å². The minimum absolute atomic E-state index is 0.0494. The molecule has 0 spiro atoms. The second-order valence-corrected chi connectivity index (χ2v) is 6.18. The first-order valence-corrected chi connectivity index (χ1v) is 7.64. The first-order valence-electron chi connectivity index (χ1n) is 7.64. The van der Waals surface area contributed by atoms with Gasteiger partial charge >= 0.3 is 0 Å². The van der Waals surface area contributed by atoms with Gasteiger partial charge in [-0.1, -0.05) is 13.8 Å². The number of likely N-dealkylation sites (tertiary alicyclic amines) is 1. The maximum absolute atomic E-state index is 12.2. The zero-order chi connectivity index (χ0) is 15.2. The van der Waals surface area contributed by atoms with E-state index in [0.29, 0.717) is 5.92 Å². The van der Waals surface area contributed by atoms with Crippen molar-refractivity contribution >= 4 is 5.91 Å². The molecule has 1 amide bonds. The van der Waals surface area contributed by atoms with Crippen molar-refractivity contribution in [1.29, 1.82) is 0 Å². The van der Waals surface area contributed by atoms with Crippen molar-refractivity contribution in [3.8, 4) is 0 Å². The average Bonchev–Trinajstić information content (AvgIpc) is 2.93. The zero-order valence-corrected chi connectivity index (χ0v) is 12.8. The Labute approximate surface area is 126 Å². The van der Waals surface area contributed by atoms with E-state index < -0.39 is 6.10 Å². The van der Waals surface area contributed by atoms with E-state index in [1.165, 1.54) is 0 Å². The molecule has 2 unspecified atom stereocenters. The fraction of sp³-hybridized carbons (Fsp3) is 0.625. The molecule has 5 heteroatoms. The van der Waals surface area contributed by atoms with Crippen molar-refractivity contribution in [2.75, 3.05) is 26.2 Å². The van der Waals surface area contributed by atoms with Crippen LogP contribution < -0.4 is 5.32 Å². The van der Waals surface area contributed by atoms with Gasteiger partial charge in [0.1, 0.15) is 0 Å². The van der Waals surface area contributed by atoms with Crippen molar-refractivity contribution in [1.82, 2.24) is 15.2 Å². The largest absolute Gasteiger partial charge is 0.387 e. The molecule has 2 heterocycles. The smallest absolute Gasteiger partial charge is 0.224 e. The normalized spacial score (nSPS) is 20.7. The molecule has 1 fully saturated rings. The summed E-state index contributed by atoms with van der Waals surface area (Å²) in [6.45, 7) is 7.50. The van der Waals surface area contributed by atoms with Crippen molar-refractivity contribution in [3.05, 3.63) is 30.1 Å². The van der Waals surface area contributed by atoms with Gasteiger partial charge in [0.25, 0.3) is 0 Å². The van der Waals surface area contributed by atoms with Crippen LogP contribution in [0.4, 0.5) is 0 Å². The Hall–Kier alpha value is -1.46. The predicted molar refractivity (Wildman–Crippen MR) is 81.6 cm³/mol. The Bertz CT molecular complexity index is 450. The standard InChI is InChI=1S/C16H25N3O2/c1-12(2)10-19-8-5-14(11-19)16(21)18-9-15(20)13-3-6-17-7-4-13/h3-4,6-7,12,14-15,20H,5,8-11H2,1-2H3,(H,18,21). The highest BCUT2D eigenvalue weighted by Crippen LogP contribution is 2.18. The van der Waals surface area contributed by atoms with Gasteiger partial charge in [-0.3, -0.25) is 9.78 Å². The van der Waals surface area contributed by atoms with Gasteiger partial charge in [-0.05, 0) is 36.6 Å². The molecular formula is C16H25N3O2. The van der Waals surface area contributed by atoms with Crippen molar-refractivity contribution in [2.24, 2.45) is 11.8 Å². The Balaban J connectivity index is 1.75. The molecule has 116 valence electrons. The molecule has 5 nitrogen and oxygen atoms in total. The van der Waals surface area contributed by atoms with Gasteiger partial charge < -0.3 is 15.3 Å². The molecule has 21 heavy (non-hydrogen) atoms. The summed E-state index contributed by atoms with van der Waals surface area (Å²) < 4.78 is 0. The van der Waals surface area contributed by atoms with E-state index in [9.17, 15) is 9.90 Å². The number of nitrogens with zero attached hydrogens (tertiary/aromatic N) is 2. The Morgan fingerprint density at radius 1 is 1.48 bits per heavy atom. The van der Waals surface area contributed by atoms with Crippen LogP contribution in [0.1, 0.15) is 31.9 Å². The second-order valence-electron chi connectivity index (χ2n) is 6.18. The number of rotatable bonds is 6. The first-order chi connectivity index (χ1) is 10.1. The Morgan fingerprint density at radius 2 is 2.19 bits per heavy atom. The summed E-state index contributed by atoms with van der Waals surface area (Å²) in [6, 6.07) is 3.52. The summed E-state index contributed by atoms with van der Waals surface area (Å²) in [5, 5.41) is 12.9. The molecule has 0 aromatic carbocycles. The number of aromatic nitrogens is 1. The fourth-order valence-electron chi connectivity index (χ4n) is 2.77. The molecule has 0 aliphatic carbocycles. The highest BCUT2D eigenvalue weighted by molar-refractivity contribution is 5.79. The van der Waals surface area contributed by atoms with Crippen LogP contribution in [0.25, 0.3) is 0 Å². The van der Waals surface area contributed by atoms with Gasteiger partial charge in [-0.15, -0.1) is 0 Å². The SMILES string of the molecule is CC(C)CN1CCC(C(=O)NCC(O)c2ccncc2)C1. The minimum atomic E-state index is -0.676. The van der Waals surface area contributed by atoms with Crippen LogP contribution in [-0.4, -0.2) is 47.1 Å². The third-order valence-electron chi connectivity index (χ3n) is 3.83.